The van der Waals surface area contributed by atoms with Crippen molar-refractivity contribution in [3.05, 3.63) is 18.0 Å². The van der Waals surface area contributed by atoms with Crippen molar-refractivity contribution < 1.29 is 4.79 Å². The van der Waals surface area contributed by atoms with Crippen molar-refractivity contribution in [2.45, 2.75) is 44.4 Å². The number of nitrogens with one attached hydrogen (secondary N) is 1. The number of fused-ring (bicyclic) bond motifs is 1. The Morgan fingerprint density at radius 3 is 2.60 bits per heavy atom. The second-order valence-electron chi connectivity index (χ2n) is 7.79. The molecular formula is C18H24N6O. The topological polar surface area (TPSA) is 75.4 Å². The van der Waals surface area contributed by atoms with Crippen molar-refractivity contribution in [2.24, 2.45) is 11.8 Å². The predicted molar refractivity (Wildman–Crippen MR) is 93.4 cm³/mol. The van der Waals surface area contributed by atoms with Gasteiger partial charge in [-0.3, -0.25) is 4.79 Å². The lowest BCUT2D eigenvalue weighted by molar-refractivity contribution is -0.127. The Kier molecular flexibility index (Phi) is 3.60. The molecule has 0 bridgehead atoms. The zero-order valence-electron chi connectivity index (χ0n) is 14.4. The van der Waals surface area contributed by atoms with Crippen LogP contribution in [0.15, 0.2) is 12.1 Å². The van der Waals surface area contributed by atoms with Crippen LogP contribution in [-0.2, 0) is 4.79 Å². The number of carbonyl (C=O) groups is 1. The van der Waals surface area contributed by atoms with E-state index in [1.807, 2.05) is 16.6 Å². The number of aromatic nitrogens is 4. The maximum Gasteiger partial charge on any atom is 0.223 e. The van der Waals surface area contributed by atoms with Crippen LogP contribution in [0.2, 0.25) is 0 Å². The molecule has 25 heavy (non-hydrogen) atoms. The van der Waals surface area contributed by atoms with Gasteiger partial charge in [0.1, 0.15) is 5.82 Å². The average Bonchev–Trinajstić information content (AvgIpc) is 2.85. The van der Waals surface area contributed by atoms with Gasteiger partial charge in [0.25, 0.3) is 0 Å². The van der Waals surface area contributed by atoms with Gasteiger partial charge in [0.15, 0.2) is 11.5 Å². The molecular weight excluding hydrogens is 316 g/mol. The Hall–Kier alpha value is -2.18. The predicted octanol–water partition coefficient (Wildman–Crippen LogP) is 1.74. The van der Waals surface area contributed by atoms with Gasteiger partial charge in [-0.1, -0.05) is 12.8 Å². The molecule has 3 heterocycles. The molecule has 3 aliphatic rings. The first-order valence-corrected chi connectivity index (χ1v) is 9.53. The van der Waals surface area contributed by atoms with E-state index in [1.165, 1.54) is 25.7 Å². The fourth-order valence-electron chi connectivity index (χ4n) is 3.83. The molecule has 0 radical (unpaired) electrons. The standard InChI is InChI=1S/C18H24N6O/c25-18(14-5-2-6-14)19-9-12-10-23(11-12)16-8-7-15-20-21-17(24(15)22-16)13-3-1-4-13/h7-8,12-14H,1-6,9-11H2,(H,19,25). The van der Waals surface area contributed by atoms with Gasteiger partial charge in [-0.15, -0.1) is 15.3 Å². The second kappa shape index (κ2) is 5.97. The van der Waals surface area contributed by atoms with Gasteiger partial charge in [0.05, 0.1) is 0 Å². The summed E-state index contributed by atoms with van der Waals surface area (Å²) in [6.07, 6.45) is 7.00. The Labute approximate surface area is 146 Å². The minimum Gasteiger partial charge on any atom is -0.355 e. The smallest absolute Gasteiger partial charge is 0.223 e. The summed E-state index contributed by atoms with van der Waals surface area (Å²) in [5.41, 5.74) is 0.829. The molecule has 7 heteroatoms. The monoisotopic (exact) mass is 340 g/mol. The summed E-state index contributed by atoms with van der Waals surface area (Å²) in [5.74, 6) is 3.55. The molecule has 2 saturated carbocycles. The van der Waals surface area contributed by atoms with Gasteiger partial charge in [0, 0.05) is 37.4 Å². The van der Waals surface area contributed by atoms with Crippen molar-refractivity contribution in [1.82, 2.24) is 25.1 Å². The van der Waals surface area contributed by atoms with E-state index in [4.69, 9.17) is 5.10 Å². The summed E-state index contributed by atoms with van der Waals surface area (Å²) >= 11 is 0. The zero-order valence-corrected chi connectivity index (χ0v) is 14.4. The Morgan fingerprint density at radius 2 is 1.92 bits per heavy atom. The summed E-state index contributed by atoms with van der Waals surface area (Å²) in [7, 11) is 0. The van der Waals surface area contributed by atoms with Crippen LogP contribution >= 0.6 is 0 Å². The lowest BCUT2D eigenvalue weighted by atomic mass is 9.84. The molecule has 1 amide bonds. The van der Waals surface area contributed by atoms with Crippen LogP contribution in [0.1, 0.15) is 50.3 Å². The largest absolute Gasteiger partial charge is 0.355 e. The van der Waals surface area contributed by atoms with Crippen molar-refractivity contribution in [3.63, 3.8) is 0 Å². The summed E-state index contributed by atoms with van der Waals surface area (Å²) < 4.78 is 1.92. The van der Waals surface area contributed by atoms with Gasteiger partial charge in [-0.05, 0) is 37.8 Å². The first kappa shape index (κ1) is 15.1. The van der Waals surface area contributed by atoms with Crippen LogP contribution in [0.25, 0.3) is 5.65 Å². The molecule has 3 fully saturated rings. The highest BCUT2D eigenvalue weighted by atomic mass is 16.1. The van der Waals surface area contributed by atoms with E-state index in [2.05, 4.69) is 20.4 Å². The highest BCUT2D eigenvalue weighted by Gasteiger charge is 2.31. The molecule has 0 atom stereocenters. The van der Waals surface area contributed by atoms with Crippen LogP contribution in [0, 0.1) is 11.8 Å². The van der Waals surface area contributed by atoms with E-state index in [9.17, 15) is 4.79 Å². The molecule has 7 nitrogen and oxygen atoms in total. The molecule has 1 aliphatic heterocycles. The molecule has 2 aromatic rings. The SMILES string of the molecule is O=C(NCC1CN(c2ccc3nnc(C4CCC4)n3n2)C1)C1CCC1. The molecule has 0 aromatic carbocycles. The summed E-state index contributed by atoms with van der Waals surface area (Å²) in [6.45, 7) is 2.68. The van der Waals surface area contributed by atoms with E-state index in [-0.39, 0.29) is 11.8 Å². The number of hydrogen-bond acceptors (Lipinski definition) is 5. The molecule has 2 aliphatic carbocycles. The van der Waals surface area contributed by atoms with Crippen molar-refractivity contribution in [3.8, 4) is 0 Å². The Balaban J connectivity index is 1.20. The second-order valence-corrected chi connectivity index (χ2v) is 7.79. The van der Waals surface area contributed by atoms with Gasteiger partial charge in [-0.2, -0.15) is 4.52 Å². The van der Waals surface area contributed by atoms with E-state index < -0.39 is 0 Å². The number of hydrogen-bond donors (Lipinski definition) is 1. The average molecular weight is 340 g/mol. The van der Waals surface area contributed by atoms with Crippen molar-refractivity contribution in [1.29, 1.82) is 0 Å². The minimum atomic E-state index is 0.249. The first-order chi connectivity index (χ1) is 12.3. The third-order valence-corrected chi connectivity index (χ3v) is 6.07. The van der Waals surface area contributed by atoms with Crippen molar-refractivity contribution in [2.75, 3.05) is 24.5 Å². The zero-order chi connectivity index (χ0) is 16.8. The molecule has 2 aromatic heterocycles. The van der Waals surface area contributed by atoms with Gasteiger partial charge in [-0.25, -0.2) is 0 Å². The molecule has 0 unspecified atom stereocenters. The van der Waals surface area contributed by atoms with Crippen LogP contribution < -0.4 is 10.2 Å². The van der Waals surface area contributed by atoms with Gasteiger partial charge in [0.2, 0.25) is 5.91 Å². The Morgan fingerprint density at radius 1 is 1.12 bits per heavy atom. The van der Waals surface area contributed by atoms with Gasteiger partial charge < -0.3 is 10.2 Å². The third kappa shape index (κ3) is 2.65. The lowest BCUT2D eigenvalue weighted by Gasteiger charge is -2.40. The first-order valence-electron chi connectivity index (χ1n) is 9.53. The molecule has 5 rings (SSSR count). The quantitative estimate of drug-likeness (QED) is 0.897. The Bertz CT molecular complexity index is 788. The van der Waals surface area contributed by atoms with Crippen LogP contribution in [-0.4, -0.2) is 45.4 Å². The fraction of sp³-hybridized carbons (Fsp3) is 0.667. The van der Waals surface area contributed by atoms with E-state index in [0.717, 1.165) is 49.8 Å². The molecule has 1 saturated heterocycles. The van der Waals surface area contributed by atoms with Crippen LogP contribution in [0.3, 0.4) is 0 Å². The normalized spacial score (nSPS) is 21.7. The van der Waals surface area contributed by atoms with Crippen LogP contribution in [0.4, 0.5) is 5.82 Å². The maximum atomic E-state index is 11.9. The number of rotatable bonds is 5. The molecule has 1 N–H and O–H groups in total. The number of anilines is 1. The van der Waals surface area contributed by atoms with Crippen LogP contribution in [0.5, 0.6) is 0 Å². The summed E-state index contributed by atoms with van der Waals surface area (Å²) in [4.78, 5) is 14.2. The van der Waals surface area contributed by atoms with Crippen molar-refractivity contribution >= 4 is 17.4 Å². The van der Waals surface area contributed by atoms with E-state index in [0.29, 0.717) is 11.8 Å². The van der Waals surface area contributed by atoms with Gasteiger partial charge >= 0.3 is 0 Å². The van der Waals surface area contributed by atoms with E-state index in [1.54, 1.807) is 0 Å². The minimum absolute atomic E-state index is 0.249. The molecule has 132 valence electrons. The number of carbonyl (C=O) groups excluding carboxylic acids is 1. The molecule has 0 spiro atoms. The maximum absolute atomic E-state index is 11.9. The third-order valence-electron chi connectivity index (χ3n) is 6.07. The summed E-state index contributed by atoms with van der Waals surface area (Å²) in [5, 5.41) is 16.5. The van der Waals surface area contributed by atoms with E-state index >= 15 is 0 Å². The number of nitrogens with zero attached hydrogens (tertiary/aromatic N) is 5. The highest BCUT2D eigenvalue weighted by molar-refractivity contribution is 5.79. The highest BCUT2D eigenvalue weighted by Crippen LogP contribution is 2.35. The summed E-state index contributed by atoms with van der Waals surface area (Å²) in [6, 6.07) is 4.03. The lowest BCUT2D eigenvalue weighted by Crippen LogP contribution is -2.52. The number of amides is 1. The fourth-order valence-corrected chi connectivity index (χ4v) is 3.83.